The molecule has 21 heavy (non-hydrogen) atoms. The molecule has 0 saturated carbocycles. The van der Waals surface area contributed by atoms with Crippen molar-refractivity contribution in [2.24, 2.45) is 5.41 Å². The molecule has 4 nitrogen and oxygen atoms in total. The standard InChI is InChI=1S/C16H24N2O2.ClH/c1-20-13-16(7-9-17-10-8-16)12-18-15(19)11-14-5-3-2-4-6-14;/h2-6,17H,7-13H2,1H3,(H,18,19);1H. The summed E-state index contributed by atoms with van der Waals surface area (Å²) in [5.41, 5.74) is 1.14. The number of hydrogen-bond acceptors (Lipinski definition) is 3. The van der Waals surface area contributed by atoms with Gasteiger partial charge < -0.3 is 15.4 Å². The third-order valence-corrected chi connectivity index (χ3v) is 3.98. The highest BCUT2D eigenvalue weighted by Gasteiger charge is 2.32. The second-order valence-corrected chi connectivity index (χ2v) is 5.62. The highest BCUT2D eigenvalue weighted by atomic mass is 35.5. The lowest BCUT2D eigenvalue weighted by atomic mass is 9.79. The lowest BCUT2D eigenvalue weighted by molar-refractivity contribution is -0.121. The Hall–Kier alpha value is -1.10. The first-order valence-electron chi connectivity index (χ1n) is 7.24. The largest absolute Gasteiger partial charge is 0.384 e. The number of rotatable bonds is 6. The van der Waals surface area contributed by atoms with Crippen LogP contribution >= 0.6 is 12.4 Å². The normalized spacial score (nSPS) is 16.8. The van der Waals surface area contributed by atoms with E-state index in [4.69, 9.17) is 4.74 Å². The van der Waals surface area contributed by atoms with Crippen LogP contribution in [0.2, 0.25) is 0 Å². The molecule has 5 heteroatoms. The fourth-order valence-corrected chi connectivity index (χ4v) is 2.77. The SMILES string of the molecule is COCC1(CNC(=O)Cc2ccccc2)CCNCC1.Cl. The van der Waals surface area contributed by atoms with Crippen LogP contribution in [0, 0.1) is 5.41 Å². The van der Waals surface area contributed by atoms with Crippen molar-refractivity contribution < 1.29 is 9.53 Å². The average molecular weight is 313 g/mol. The number of nitrogens with one attached hydrogen (secondary N) is 2. The first-order chi connectivity index (χ1) is 9.74. The van der Waals surface area contributed by atoms with Crippen LogP contribution in [0.1, 0.15) is 18.4 Å². The molecule has 2 rings (SSSR count). The maximum atomic E-state index is 12.0. The van der Waals surface area contributed by atoms with E-state index in [0.29, 0.717) is 19.6 Å². The predicted molar refractivity (Wildman–Crippen MR) is 86.8 cm³/mol. The topological polar surface area (TPSA) is 50.4 Å². The number of amides is 1. The van der Waals surface area contributed by atoms with Crippen LogP contribution in [0.25, 0.3) is 0 Å². The molecule has 0 unspecified atom stereocenters. The lowest BCUT2D eigenvalue weighted by Gasteiger charge is -2.37. The lowest BCUT2D eigenvalue weighted by Crippen LogP contribution is -2.47. The molecule has 1 aromatic carbocycles. The molecule has 1 aliphatic heterocycles. The second-order valence-electron chi connectivity index (χ2n) is 5.62. The molecule has 1 saturated heterocycles. The van der Waals surface area contributed by atoms with Crippen LogP contribution in [0.5, 0.6) is 0 Å². The van der Waals surface area contributed by atoms with Crippen molar-refractivity contribution in [2.75, 3.05) is 33.4 Å². The summed E-state index contributed by atoms with van der Waals surface area (Å²) in [4.78, 5) is 12.0. The number of carbonyl (C=O) groups is 1. The summed E-state index contributed by atoms with van der Waals surface area (Å²) >= 11 is 0. The molecule has 1 heterocycles. The summed E-state index contributed by atoms with van der Waals surface area (Å²) in [6.45, 7) is 3.41. The third kappa shape index (κ3) is 5.65. The van der Waals surface area contributed by atoms with Gasteiger partial charge in [-0.1, -0.05) is 30.3 Å². The van der Waals surface area contributed by atoms with E-state index in [2.05, 4.69) is 10.6 Å². The van der Waals surface area contributed by atoms with E-state index in [9.17, 15) is 4.79 Å². The zero-order valence-electron chi connectivity index (χ0n) is 12.6. The fourth-order valence-electron chi connectivity index (χ4n) is 2.77. The van der Waals surface area contributed by atoms with E-state index in [0.717, 1.165) is 31.5 Å². The molecule has 1 aliphatic rings. The molecule has 0 atom stereocenters. The number of carbonyl (C=O) groups excluding carboxylic acids is 1. The van der Waals surface area contributed by atoms with Gasteiger partial charge >= 0.3 is 0 Å². The summed E-state index contributed by atoms with van der Waals surface area (Å²) < 4.78 is 5.36. The minimum absolute atomic E-state index is 0. The van der Waals surface area contributed by atoms with Gasteiger partial charge in [0.2, 0.25) is 5.91 Å². The zero-order chi connectivity index (χ0) is 14.3. The van der Waals surface area contributed by atoms with Crippen molar-refractivity contribution >= 4 is 18.3 Å². The molecule has 0 aromatic heterocycles. The van der Waals surface area contributed by atoms with Crippen molar-refractivity contribution in [1.29, 1.82) is 0 Å². The second kappa shape index (κ2) is 9.03. The number of hydrogen-bond donors (Lipinski definition) is 2. The Balaban J connectivity index is 0.00000220. The summed E-state index contributed by atoms with van der Waals surface area (Å²) in [7, 11) is 1.73. The zero-order valence-corrected chi connectivity index (χ0v) is 13.4. The first-order valence-corrected chi connectivity index (χ1v) is 7.24. The molecular formula is C16H25ClN2O2. The van der Waals surface area contributed by atoms with Gasteiger partial charge in [0, 0.05) is 19.1 Å². The molecule has 118 valence electrons. The minimum Gasteiger partial charge on any atom is -0.384 e. The molecule has 0 spiro atoms. The minimum atomic E-state index is 0. The predicted octanol–water partition coefficient (Wildman–Crippen LogP) is 1.78. The first kappa shape index (κ1) is 18.0. The molecular weight excluding hydrogens is 288 g/mol. The van der Waals surface area contributed by atoms with Gasteiger partial charge in [0.05, 0.1) is 13.0 Å². The van der Waals surface area contributed by atoms with E-state index in [-0.39, 0.29) is 23.7 Å². The highest BCUT2D eigenvalue weighted by Crippen LogP contribution is 2.28. The quantitative estimate of drug-likeness (QED) is 0.842. The van der Waals surface area contributed by atoms with Crippen LogP contribution in [0.3, 0.4) is 0 Å². The molecule has 0 aliphatic carbocycles. The van der Waals surface area contributed by atoms with Crippen molar-refractivity contribution in [3.63, 3.8) is 0 Å². The summed E-state index contributed by atoms with van der Waals surface area (Å²) in [5, 5.41) is 6.44. The average Bonchev–Trinajstić information content (AvgIpc) is 2.48. The van der Waals surface area contributed by atoms with E-state index in [1.807, 2.05) is 30.3 Å². The van der Waals surface area contributed by atoms with Crippen LogP contribution < -0.4 is 10.6 Å². The smallest absolute Gasteiger partial charge is 0.224 e. The molecule has 1 fully saturated rings. The van der Waals surface area contributed by atoms with E-state index >= 15 is 0 Å². The highest BCUT2D eigenvalue weighted by molar-refractivity contribution is 5.85. The van der Waals surface area contributed by atoms with Gasteiger partial charge in [-0.15, -0.1) is 12.4 Å². The van der Waals surface area contributed by atoms with Gasteiger partial charge in [-0.2, -0.15) is 0 Å². The van der Waals surface area contributed by atoms with Crippen LogP contribution in [-0.2, 0) is 16.0 Å². The van der Waals surface area contributed by atoms with Gasteiger partial charge in [-0.25, -0.2) is 0 Å². The number of ether oxygens (including phenoxy) is 1. The maximum absolute atomic E-state index is 12.0. The van der Waals surface area contributed by atoms with Gasteiger partial charge in [0.25, 0.3) is 0 Å². The Morgan fingerprint density at radius 1 is 1.29 bits per heavy atom. The Morgan fingerprint density at radius 3 is 2.57 bits per heavy atom. The van der Waals surface area contributed by atoms with Gasteiger partial charge in [0.1, 0.15) is 0 Å². The molecule has 0 bridgehead atoms. The van der Waals surface area contributed by atoms with Crippen molar-refractivity contribution in [2.45, 2.75) is 19.3 Å². The van der Waals surface area contributed by atoms with Crippen LogP contribution in [-0.4, -0.2) is 39.3 Å². The third-order valence-electron chi connectivity index (χ3n) is 3.98. The van der Waals surface area contributed by atoms with E-state index in [1.165, 1.54) is 0 Å². The van der Waals surface area contributed by atoms with Crippen molar-refractivity contribution in [1.82, 2.24) is 10.6 Å². The number of methoxy groups -OCH3 is 1. The summed E-state index contributed by atoms with van der Waals surface area (Å²) in [6, 6.07) is 9.84. The molecule has 1 amide bonds. The number of benzene rings is 1. The number of piperidine rings is 1. The van der Waals surface area contributed by atoms with E-state index < -0.39 is 0 Å². The van der Waals surface area contributed by atoms with Crippen molar-refractivity contribution in [3.8, 4) is 0 Å². The Morgan fingerprint density at radius 2 is 1.95 bits per heavy atom. The Bertz CT molecular complexity index is 414. The Kier molecular flexibility index (Phi) is 7.72. The fraction of sp³-hybridized carbons (Fsp3) is 0.562. The summed E-state index contributed by atoms with van der Waals surface area (Å²) in [6.07, 6.45) is 2.54. The van der Waals surface area contributed by atoms with Gasteiger partial charge in [-0.3, -0.25) is 4.79 Å². The number of halogens is 1. The van der Waals surface area contributed by atoms with Gasteiger partial charge in [-0.05, 0) is 31.5 Å². The maximum Gasteiger partial charge on any atom is 0.224 e. The van der Waals surface area contributed by atoms with Crippen LogP contribution in [0.15, 0.2) is 30.3 Å². The Labute approximate surface area is 133 Å². The van der Waals surface area contributed by atoms with Gasteiger partial charge in [0.15, 0.2) is 0 Å². The van der Waals surface area contributed by atoms with Crippen LogP contribution in [0.4, 0.5) is 0 Å². The monoisotopic (exact) mass is 312 g/mol. The summed E-state index contributed by atoms with van der Waals surface area (Å²) in [5.74, 6) is 0.0882. The molecule has 0 radical (unpaired) electrons. The van der Waals surface area contributed by atoms with Crippen molar-refractivity contribution in [3.05, 3.63) is 35.9 Å². The molecule has 1 aromatic rings. The molecule has 2 N–H and O–H groups in total. The van der Waals surface area contributed by atoms with E-state index in [1.54, 1.807) is 7.11 Å².